The van der Waals surface area contributed by atoms with Gasteiger partial charge in [-0.25, -0.2) is 8.78 Å². The Balaban J connectivity index is 2.13. The summed E-state index contributed by atoms with van der Waals surface area (Å²) < 4.78 is 27.3. The molecular weight excluding hydrogens is 464 g/mol. The summed E-state index contributed by atoms with van der Waals surface area (Å²) in [6, 6.07) is 7.03. The standard InChI is InChI=1S/C20H20BrF2N3O4/c1-11(8-18(27)28)24-19-15(5-2-6-16(19)26(29)30)25-7-3-4-12-9-14(21)13(20(22)23)10-17(12)25/h2,5-6,9-11,20,24H,3-4,7-8H2,1H3,(H,27,28)/t11-/m1/s1. The molecule has 1 aliphatic heterocycles. The van der Waals surface area contributed by atoms with Gasteiger partial charge in [0.15, 0.2) is 0 Å². The highest BCUT2D eigenvalue weighted by Gasteiger charge is 2.28. The molecule has 1 aliphatic rings. The van der Waals surface area contributed by atoms with Gasteiger partial charge in [0.25, 0.3) is 12.1 Å². The maximum Gasteiger partial charge on any atom is 0.305 e. The van der Waals surface area contributed by atoms with Crippen LogP contribution in [0.4, 0.5) is 31.5 Å². The minimum Gasteiger partial charge on any atom is -0.481 e. The normalized spacial score (nSPS) is 14.4. The number of nitro benzene ring substituents is 1. The first kappa shape index (κ1) is 21.9. The van der Waals surface area contributed by atoms with Gasteiger partial charge in [-0.15, -0.1) is 0 Å². The molecule has 2 N–H and O–H groups in total. The van der Waals surface area contributed by atoms with E-state index in [-0.39, 0.29) is 23.4 Å². The zero-order valence-corrected chi connectivity index (χ0v) is 17.7. The topological polar surface area (TPSA) is 95.7 Å². The van der Waals surface area contributed by atoms with E-state index >= 15 is 0 Å². The first-order valence-electron chi connectivity index (χ1n) is 9.32. The number of benzene rings is 2. The summed E-state index contributed by atoms with van der Waals surface area (Å²) in [5, 5.41) is 23.6. The van der Waals surface area contributed by atoms with E-state index < -0.39 is 23.4 Å². The predicted octanol–water partition coefficient (Wildman–Crippen LogP) is 5.65. The van der Waals surface area contributed by atoms with Crippen LogP contribution in [0.5, 0.6) is 0 Å². The molecule has 0 saturated carbocycles. The SMILES string of the molecule is C[C@H](CC(=O)O)Nc1c(N2CCCc3cc(Br)c(C(F)F)cc32)cccc1[N+](=O)[O-]. The van der Waals surface area contributed by atoms with Gasteiger partial charge in [-0.3, -0.25) is 14.9 Å². The molecule has 0 radical (unpaired) electrons. The Kier molecular flexibility index (Phi) is 6.55. The number of nitrogens with one attached hydrogen (secondary N) is 1. The summed E-state index contributed by atoms with van der Waals surface area (Å²) in [6.07, 6.45) is -1.47. The number of nitro groups is 1. The second kappa shape index (κ2) is 8.95. The fourth-order valence-corrected chi connectivity index (χ4v) is 4.21. The second-order valence-corrected chi connectivity index (χ2v) is 7.98. The number of hydrogen-bond donors (Lipinski definition) is 2. The summed E-state index contributed by atoms with van der Waals surface area (Å²) in [5.41, 5.74) is 1.68. The van der Waals surface area contributed by atoms with Gasteiger partial charge in [0.1, 0.15) is 5.69 Å². The zero-order valence-electron chi connectivity index (χ0n) is 16.1. The Hall–Kier alpha value is -2.75. The number of alkyl halides is 2. The van der Waals surface area contributed by atoms with Gasteiger partial charge in [0.05, 0.1) is 17.0 Å². The summed E-state index contributed by atoms with van der Waals surface area (Å²) in [4.78, 5) is 23.9. The van der Waals surface area contributed by atoms with E-state index in [9.17, 15) is 23.7 Å². The van der Waals surface area contributed by atoms with Crippen molar-refractivity contribution in [3.63, 3.8) is 0 Å². The van der Waals surface area contributed by atoms with E-state index in [1.54, 1.807) is 24.0 Å². The van der Waals surface area contributed by atoms with Crippen molar-refractivity contribution in [3.05, 3.63) is 56.0 Å². The molecule has 0 saturated heterocycles. The molecule has 30 heavy (non-hydrogen) atoms. The number of rotatable bonds is 7. The van der Waals surface area contributed by atoms with E-state index in [4.69, 9.17) is 5.11 Å². The Labute approximate surface area is 180 Å². The number of nitrogens with zero attached hydrogens (tertiary/aromatic N) is 2. The Morgan fingerprint density at radius 1 is 1.37 bits per heavy atom. The van der Waals surface area contributed by atoms with Crippen LogP contribution in [0.25, 0.3) is 0 Å². The van der Waals surface area contributed by atoms with Gasteiger partial charge in [-0.1, -0.05) is 22.0 Å². The number of anilines is 3. The second-order valence-electron chi connectivity index (χ2n) is 7.13. The summed E-state index contributed by atoms with van der Waals surface area (Å²) in [5.74, 6) is -1.04. The highest BCUT2D eigenvalue weighted by molar-refractivity contribution is 9.10. The number of para-hydroxylation sites is 1. The third kappa shape index (κ3) is 4.53. The molecule has 0 bridgehead atoms. The van der Waals surface area contributed by atoms with Crippen molar-refractivity contribution in [2.24, 2.45) is 0 Å². The highest BCUT2D eigenvalue weighted by Crippen LogP contribution is 2.44. The number of carboxylic acid groups (broad SMARTS) is 1. The van der Waals surface area contributed by atoms with Crippen molar-refractivity contribution < 1.29 is 23.6 Å². The van der Waals surface area contributed by atoms with Gasteiger partial charge in [-0.2, -0.15) is 0 Å². The van der Waals surface area contributed by atoms with Crippen LogP contribution in [-0.2, 0) is 11.2 Å². The minimum atomic E-state index is -2.67. The fraction of sp³-hybridized carbons (Fsp3) is 0.350. The number of carboxylic acids is 1. The van der Waals surface area contributed by atoms with E-state index in [1.165, 1.54) is 18.2 Å². The van der Waals surface area contributed by atoms with Gasteiger partial charge in [-0.05, 0) is 43.5 Å². The molecule has 2 aromatic rings. The first-order chi connectivity index (χ1) is 14.2. The lowest BCUT2D eigenvalue weighted by Crippen LogP contribution is -2.27. The number of aryl methyl sites for hydroxylation is 1. The van der Waals surface area contributed by atoms with Crippen molar-refractivity contribution in [3.8, 4) is 0 Å². The van der Waals surface area contributed by atoms with Gasteiger partial charge in [0.2, 0.25) is 0 Å². The molecule has 1 heterocycles. The van der Waals surface area contributed by atoms with Crippen LogP contribution in [0.2, 0.25) is 0 Å². The minimum absolute atomic E-state index is 0.153. The average Bonchev–Trinajstić information content (AvgIpc) is 2.66. The Bertz CT molecular complexity index is 987. The molecule has 3 rings (SSSR count). The zero-order chi connectivity index (χ0) is 22.0. The maximum absolute atomic E-state index is 13.5. The van der Waals surface area contributed by atoms with E-state index in [1.807, 2.05) is 0 Å². The number of carbonyl (C=O) groups is 1. The van der Waals surface area contributed by atoms with Crippen LogP contribution in [-0.4, -0.2) is 28.6 Å². The monoisotopic (exact) mass is 483 g/mol. The van der Waals surface area contributed by atoms with Crippen LogP contribution in [0.15, 0.2) is 34.8 Å². The van der Waals surface area contributed by atoms with E-state index in [2.05, 4.69) is 21.2 Å². The quantitative estimate of drug-likeness (QED) is 0.389. The molecule has 10 heteroatoms. The first-order valence-corrected chi connectivity index (χ1v) is 10.1. The molecule has 0 unspecified atom stereocenters. The smallest absolute Gasteiger partial charge is 0.305 e. The number of halogens is 3. The molecule has 0 amide bonds. The summed E-state index contributed by atoms with van der Waals surface area (Å²) in [7, 11) is 0. The van der Waals surface area contributed by atoms with Crippen LogP contribution >= 0.6 is 15.9 Å². The Morgan fingerprint density at radius 2 is 2.10 bits per heavy atom. The Morgan fingerprint density at radius 3 is 2.73 bits per heavy atom. The molecular formula is C20H20BrF2N3O4. The number of aliphatic carboxylic acids is 1. The van der Waals surface area contributed by atoms with Crippen molar-refractivity contribution in [2.45, 2.75) is 38.7 Å². The third-order valence-electron chi connectivity index (χ3n) is 4.93. The average molecular weight is 484 g/mol. The van der Waals surface area contributed by atoms with E-state index in [0.717, 1.165) is 12.0 Å². The van der Waals surface area contributed by atoms with Crippen molar-refractivity contribution in [1.29, 1.82) is 0 Å². The fourth-order valence-electron chi connectivity index (χ4n) is 3.65. The number of hydrogen-bond acceptors (Lipinski definition) is 5. The lowest BCUT2D eigenvalue weighted by atomic mass is 9.98. The van der Waals surface area contributed by atoms with Gasteiger partial charge < -0.3 is 15.3 Å². The van der Waals surface area contributed by atoms with Crippen molar-refractivity contribution >= 4 is 44.6 Å². The van der Waals surface area contributed by atoms with Crippen molar-refractivity contribution in [2.75, 3.05) is 16.8 Å². The maximum atomic E-state index is 13.5. The van der Waals surface area contributed by atoms with Gasteiger partial charge >= 0.3 is 5.97 Å². The molecule has 0 fully saturated rings. The molecule has 0 spiro atoms. The summed E-state index contributed by atoms with van der Waals surface area (Å²) in [6.45, 7) is 2.10. The highest BCUT2D eigenvalue weighted by atomic mass is 79.9. The van der Waals surface area contributed by atoms with E-state index in [0.29, 0.717) is 28.8 Å². The van der Waals surface area contributed by atoms with Crippen LogP contribution in [0.1, 0.15) is 37.3 Å². The number of fused-ring (bicyclic) bond motifs is 1. The molecule has 0 aliphatic carbocycles. The molecule has 2 aromatic carbocycles. The van der Waals surface area contributed by atoms with Crippen molar-refractivity contribution in [1.82, 2.24) is 0 Å². The van der Waals surface area contributed by atoms with Crippen LogP contribution in [0, 0.1) is 10.1 Å². The lowest BCUT2D eigenvalue weighted by molar-refractivity contribution is -0.383. The lowest BCUT2D eigenvalue weighted by Gasteiger charge is -2.34. The molecule has 1 atom stereocenters. The van der Waals surface area contributed by atoms with Crippen LogP contribution < -0.4 is 10.2 Å². The summed E-state index contributed by atoms with van der Waals surface area (Å²) >= 11 is 3.20. The largest absolute Gasteiger partial charge is 0.481 e. The van der Waals surface area contributed by atoms with Crippen LogP contribution in [0.3, 0.4) is 0 Å². The molecule has 0 aromatic heterocycles. The molecule has 160 valence electrons. The third-order valence-corrected chi connectivity index (χ3v) is 5.62. The molecule has 7 nitrogen and oxygen atoms in total. The predicted molar refractivity (Wildman–Crippen MR) is 113 cm³/mol. The van der Waals surface area contributed by atoms with Gasteiger partial charge in [0, 0.05) is 34.4 Å².